The van der Waals surface area contributed by atoms with Crippen LogP contribution in [0.2, 0.25) is 0 Å². The highest BCUT2D eigenvalue weighted by Crippen LogP contribution is 2.36. The molecule has 0 radical (unpaired) electrons. The molecular formula is C15H30N2. The number of likely N-dealkylation sites (tertiary alicyclic amines) is 1. The Morgan fingerprint density at radius 3 is 2.41 bits per heavy atom. The second-order valence-electron chi connectivity index (χ2n) is 7.11. The number of hydrogen-bond acceptors (Lipinski definition) is 2. The number of nitrogens with one attached hydrogen (secondary N) is 1. The van der Waals surface area contributed by atoms with Gasteiger partial charge in [0.05, 0.1) is 0 Å². The molecule has 17 heavy (non-hydrogen) atoms. The van der Waals surface area contributed by atoms with E-state index in [9.17, 15) is 0 Å². The van der Waals surface area contributed by atoms with Crippen LogP contribution in [0.1, 0.15) is 47.0 Å². The molecular weight excluding hydrogens is 208 g/mol. The van der Waals surface area contributed by atoms with Gasteiger partial charge in [0.1, 0.15) is 0 Å². The van der Waals surface area contributed by atoms with E-state index in [2.05, 4.69) is 37.9 Å². The first-order chi connectivity index (χ1) is 8.00. The lowest BCUT2D eigenvalue weighted by Gasteiger charge is -2.28. The van der Waals surface area contributed by atoms with Crippen LogP contribution in [-0.2, 0) is 0 Å². The van der Waals surface area contributed by atoms with E-state index >= 15 is 0 Å². The summed E-state index contributed by atoms with van der Waals surface area (Å²) in [4.78, 5) is 2.70. The third-order valence-electron chi connectivity index (χ3n) is 4.61. The number of nitrogens with zero attached hydrogens (tertiary/aromatic N) is 1. The van der Waals surface area contributed by atoms with Crippen molar-refractivity contribution in [1.29, 1.82) is 0 Å². The second-order valence-corrected chi connectivity index (χ2v) is 7.11. The van der Waals surface area contributed by atoms with E-state index < -0.39 is 0 Å². The predicted molar refractivity (Wildman–Crippen MR) is 74.2 cm³/mol. The minimum atomic E-state index is 0.488. The molecule has 1 aliphatic carbocycles. The Bertz CT molecular complexity index is 240. The van der Waals surface area contributed by atoms with Gasteiger partial charge in [-0.1, -0.05) is 27.7 Å². The molecule has 1 aliphatic heterocycles. The maximum Gasteiger partial charge on any atom is 0.0223 e. The molecule has 2 aliphatic rings. The van der Waals surface area contributed by atoms with Crippen molar-refractivity contribution in [3.63, 3.8) is 0 Å². The molecule has 2 fully saturated rings. The molecule has 1 N–H and O–H groups in total. The first kappa shape index (κ1) is 13.4. The van der Waals surface area contributed by atoms with Gasteiger partial charge in [0, 0.05) is 19.1 Å². The van der Waals surface area contributed by atoms with Crippen molar-refractivity contribution in [3.8, 4) is 0 Å². The summed E-state index contributed by atoms with van der Waals surface area (Å²) in [5, 5.41) is 3.68. The molecule has 0 aromatic carbocycles. The first-order valence-corrected chi connectivity index (χ1v) is 7.46. The zero-order valence-corrected chi connectivity index (χ0v) is 12.1. The SMILES string of the molecule is CCNC(CN1CCC(C(C)(C)C)C1)C1CC1. The van der Waals surface area contributed by atoms with E-state index in [1.807, 2.05) is 0 Å². The van der Waals surface area contributed by atoms with Crippen LogP contribution in [-0.4, -0.2) is 37.1 Å². The summed E-state index contributed by atoms with van der Waals surface area (Å²) in [5.74, 6) is 1.87. The molecule has 0 aromatic rings. The van der Waals surface area contributed by atoms with Gasteiger partial charge >= 0.3 is 0 Å². The average Bonchev–Trinajstić information content (AvgIpc) is 2.96. The first-order valence-electron chi connectivity index (χ1n) is 7.46. The fraction of sp³-hybridized carbons (Fsp3) is 1.00. The monoisotopic (exact) mass is 238 g/mol. The lowest BCUT2D eigenvalue weighted by atomic mass is 9.80. The van der Waals surface area contributed by atoms with Crippen molar-refractivity contribution >= 4 is 0 Å². The molecule has 2 atom stereocenters. The van der Waals surface area contributed by atoms with E-state index in [1.54, 1.807) is 0 Å². The minimum absolute atomic E-state index is 0.488. The van der Waals surface area contributed by atoms with E-state index in [-0.39, 0.29) is 0 Å². The van der Waals surface area contributed by atoms with Crippen LogP contribution in [0.5, 0.6) is 0 Å². The van der Waals surface area contributed by atoms with Crippen LogP contribution >= 0.6 is 0 Å². The summed E-state index contributed by atoms with van der Waals surface area (Å²) in [7, 11) is 0. The largest absolute Gasteiger partial charge is 0.313 e. The van der Waals surface area contributed by atoms with Crippen molar-refractivity contribution in [2.45, 2.75) is 53.0 Å². The van der Waals surface area contributed by atoms with Crippen LogP contribution in [0.15, 0.2) is 0 Å². The molecule has 1 saturated carbocycles. The smallest absolute Gasteiger partial charge is 0.0223 e. The Morgan fingerprint density at radius 2 is 1.94 bits per heavy atom. The van der Waals surface area contributed by atoms with Crippen molar-refractivity contribution in [2.24, 2.45) is 17.3 Å². The molecule has 0 bridgehead atoms. The molecule has 2 heteroatoms. The van der Waals surface area contributed by atoms with E-state index in [1.165, 1.54) is 38.9 Å². The summed E-state index contributed by atoms with van der Waals surface area (Å²) in [6.45, 7) is 14.5. The summed E-state index contributed by atoms with van der Waals surface area (Å²) < 4.78 is 0. The van der Waals surface area contributed by atoms with E-state index in [0.717, 1.165) is 24.4 Å². The maximum atomic E-state index is 3.68. The molecule has 2 unspecified atom stereocenters. The lowest BCUT2D eigenvalue weighted by molar-refractivity contribution is 0.215. The van der Waals surface area contributed by atoms with Gasteiger partial charge in [0.15, 0.2) is 0 Å². The highest BCUT2D eigenvalue weighted by Gasteiger charge is 2.36. The quantitative estimate of drug-likeness (QED) is 0.792. The Labute approximate surface area is 107 Å². The zero-order valence-electron chi connectivity index (χ0n) is 12.1. The van der Waals surface area contributed by atoms with Gasteiger partial charge in [-0.2, -0.15) is 0 Å². The molecule has 2 rings (SSSR count). The summed E-state index contributed by atoms with van der Waals surface area (Å²) in [6.07, 6.45) is 4.30. The maximum absolute atomic E-state index is 3.68. The molecule has 2 nitrogen and oxygen atoms in total. The zero-order chi connectivity index (χ0) is 12.5. The number of hydrogen-bond donors (Lipinski definition) is 1. The molecule has 0 aromatic heterocycles. The Morgan fingerprint density at radius 1 is 1.24 bits per heavy atom. The number of likely N-dealkylation sites (N-methyl/N-ethyl adjacent to an activating group) is 1. The third kappa shape index (κ3) is 3.69. The highest BCUT2D eigenvalue weighted by molar-refractivity contribution is 4.91. The molecule has 0 spiro atoms. The van der Waals surface area contributed by atoms with Crippen LogP contribution in [0, 0.1) is 17.3 Å². The molecule has 0 amide bonds. The van der Waals surface area contributed by atoms with Gasteiger partial charge in [0.25, 0.3) is 0 Å². The fourth-order valence-corrected chi connectivity index (χ4v) is 3.12. The Hall–Kier alpha value is -0.0800. The van der Waals surface area contributed by atoms with Gasteiger partial charge in [-0.3, -0.25) is 0 Å². The molecule has 100 valence electrons. The second kappa shape index (κ2) is 5.27. The minimum Gasteiger partial charge on any atom is -0.313 e. The normalized spacial score (nSPS) is 28.6. The summed E-state index contributed by atoms with van der Waals surface area (Å²) in [6, 6.07) is 0.763. The molecule has 1 saturated heterocycles. The Balaban J connectivity index is 1.79. The lowest BCUT2D eigenvalue weighted by Crippen LogP contribution is -2.42. The van der Waals surface area contributed by atoms with Gasteiger partial charge in [-0.15, -0.1) is 0 Å². The van der Waals surface area contributed by atoms with Gasteiger partial charge in [-0.25, -0.2) is 0 Å². The topological polar surface area (TPSA) is 15.3 Å². The van der Waals surface area contributed by atoms with E-state index in [0.29, 0.717) is 5.41 Å². The van der Waals surface area contributed by atoms with Gasteiger partial charge < -0.3 is 10.2 Å². The fourth-order valence-electron chi connectivity index (χ4n) is 3.12. The third-order valence-corrected chi connectivity index (χ3v) is 4.61. The van der Waals surface area contributed by atoms with Crippen molar-refractivity contribution < 1.29 is 0 Å². The number of rotatable bonds is 5. The van der Waals surface area contributed by atoms with Crippen LogP contribution in [0.3, 0.4) is 0 Å². The van der Waals surface area contributed by atoms with Crippen molar-refractivity contribution in [3.05, 3.63) is 0 Å². The van der Waals surface area contributed by atoms with E-state index in [4.69, 9.17) is 0 Å². The molecule has 1 heterocycles. The van der Waals surface area contributed by atoms with Crippen LogP contribution < -0.4 is 5.32 Å². The summed E-state index contributed by atoms with van der Waals surface area (Å²) in [5.41, 5.74) is 0.488. The van der Waals surface area contributed by atoms with Crippen LogP contribution in [0.25, 0.3) is 0 Å². The predicted octanol–water partition coefficient (Wildman–Crippen LogP) is 2.74. The summed E-state index contributed by atoms with van der Waals surface area (Å²) >= 11 is 0. The standard InChI is InChI=1S/C15H30N2/c1-5-16-14(12-6-7-12)11-17-9-8-13(10-17)15(2,3)4/h12-14,16H,5-11H2,1-4H3. The van der Waals surface area contributed by atoms with Crippen molar-refractivity contribution in [2.75, 3.05) is 26.2 Å². The highest BCUT2D eigenvalue weighted by atomic mass is 15.2. The average molecular weight is 238 g/mol. The van der Waals surface area contributed by atoms with Gasteiger partial charge in [0.2, 0.25) is 0 Å². The van der Waals surface area contributed by atoms with Gasteiger partial charge in [-0.05, 0) is 49.6 Å². The van der Waals surface area contributed by atoms with Crippen molar-refractivity contribution in [1.82, 2.24) is 10.2 Å². The Kier molecular flexibility index (Phi) is 4.14. The van der Waals surface area contributed by atoms with Crippen LogP contribution in [0.4, 0.5) is 0 Å².